The second-order valence-electron chi connectivity index (χ2n) is 8.11. The van der Waals surface area contributed by atoms with Crippen molar-refractivity contribution in [2.45, 2.75) is 41.5 Å². The summed E-state index contributed by atoms with van der Waals surface area (Å²) in [6, 6.07) is 19.8. The summed E-state index contributed by atoms with van der Waals surface area (Å²) in [5.74, 6) is 0. The zero-order chi connectivity index (χ0) is 21.3. The van der Waals surface area contributed by atoms with Gasteiger partial charge < -0.3 is 0 Å². The number of hydrogen-bond donors (Lipinski definition) is 0. The predicted molar refractivity (Wildman–Crippen MR) is 132 cm³/mol. The normalized spacial score (nSPS) is 11.0. The van der Waals surface area contributed by atoms with Gasteiger partial charge in [-0.25, -0.2) is 0 Å². The first kappa shape index (κ1) is 21.3. The van der Waals surface area contributed by atoms with Gasteiger partial charge in [-0.3, -0.25) is 0 Å². The maximum Gasteiger partial charge on any atom is -0.0120 e. The van der Waals surface area contributed by atoms with Crippen LogP contribution >= 0.6 is 7.92 Å². The molecule has 0 aliphatic carbocycles. The molecule has 148 valence electrons. The Balaban J connectivity index is 2.20. The topological polar surface area (TPSA) is 0 Å². The Morgan fingerprint density at radius 2 is 0.931 bits per heavy atom. The minimum Gasteiger partial charge on any atom is -0.0900 e. The Bertz CT molecular complexity index is 971. The third-order valence-corrected chi connectivity index (χ3v) is 7.83. The van der Waals surface area contributed by atoms with E-state index >= 15 is 0 Å². The lowest BCUT2D eigenvalue weighted by atomic mass is 9.99. The molecule has 3 aromatic rings. The molecule has 0 saturated heterocycles. The van der Waals surface area contributed by atoms with Gasteiger partial charge in [0.15, 0.2) is 0 Å². The summed E-state index contributed by atoms with van der Waals surface area (Å²) in [4.78, 5) is 0. The molecule has 0 spiro atoms. The lowest BCUT2D eigenvalue weighted by Gasteiger charge is -2.28. The van der Waals surface area contributed by atoms with Crippen LogP contribution in [0.5, 0.6) is 0 Å². The van der Waals surface area contributed by atoms with Gasteiger partial charge in [0, 0.05) is 0 Å². The molecule has 0 heterocycles. The van der Waals surface area contributed by atoms with Gasteiger partial charge in [0.05, 0.1) is 0 Å². The molecule has 0 atom stereocenters. The highest BCUT2D eigenvalue weighted by Gasteiger charge is 2.24. The van der Waals surface area contributed by atoms with E-state index < -0.39 is 7.92 Å². The maximum atomic E-state index is 4.64. The molecular weight excluding hydrogens is 367 g/mol. The first-order chi connectivity index (χ1) is 13.7. The highest BCUT2D eigenvalue weighted by molar-refractivity contribution is 7.84. The molecule has 1 heteroatoms. The molecule has 0 saturated carbocycles. The van der Waals surface area contributed by atoms with Crippen molar-refractivity contribution in [1.82, 2.24) is 0 Å². The standard InChI is InChI=1S/C28H31P/c1-18-14-20(3)27(21(4)15-18)24(7)29(26-12-10-9-11-13-26)25(8)28-22(5)16-19(2)17-23(28)6/h9-17H,7-8H2,1-6H3. The van der Waals surface area contributed by atoms with Crippen LogP contribution in [-0.2, 0) is 0 Å². The quantitative estimate of drug-likeness (QED) is 0.382. The van der Waals surface area contributed by atoms with Crippen molar-refractivity contribution in [1.29, 1.82) is 0 Å². The molecule has 0 aliphatic rings. The number of rotatable bonds is 5. The van der Waals surface area contributed by atoms with Crippen molar-refractivity contribution in [2.24, 2.45) is 0 Å². The zero-order valence-corrected chi connectivity index (χ0v) is 19.5. The molecular formula is C28H31P. The second-order valence-corrected chi connectivity index (χ2v) is 10.4. The average Bonchev–Trinajstić information content (AvgIpc) is 2.61. The third kappa shape index (κ3) is 4.29. The van der Waals surface area contributed by atoms with E-state index in [0.29, 0.717) is 0 Å². The molecule has 29 heavy (non-hydrogen) atoms. The van der Waals surface area contributed by atoms with E-state index in [1.807, 2.05) is 0 Å². The minimum absolute atomic E-state index is 0.804. The van der Waals surface area contributed by atoms with Crippen LogP contribution in [-0.4, -0.2) is 0 Å². The fourth-order valence-corrected chi connectivity index (χ4v) is 7.12. The van der Waals surface area contributed by atoms with Gasteiger partial charge in [-0.05, 0) is 98.8 Å². The van der Waals surface area contributed by atoms with Gasteiger partial charge in [-0.1, -0.05) is 78.9 Å². The monoisotopic (exact) mass is 398 g/mol. The minimum atomic E-state index is -0.804. The zero-order valence-electron chi connectivity index (χ0n) is 18.6. The molecule has 0 radical (unpaired) electrons. The summed E-state index contributed by atoms with van der Waals surface area (Å²) < 4.78 is 0. The van der Waals surface area contributed by atoms with Crippen molar-refractivity contribution in [3.8, 4) is 0 Å². The summed E-state index contributed by atoms with van der Waals surface area (Å²) in [6.45, 7) is 22.4. The summed E-state index contributed by atoms with van der Waals surface area (Å²) in [5.41, 5.74) is 10.3. The molecule has 0 unspecified atom stereocenters. The van der Waals surface area contributed by atoms with Gasteiger partial charge in [0.1, 0.15) is 0 Å². The van der Waals surface area contributed by atoms with E-state index in [9.17, 15) is 0 Å². The van der Waals surface area contributed by atoms with Gasteiger partial charge in [0.2, 0.25) is 0 Å². The molecule has 0 N–H and O–H groups in total. The maximum absolute atomic E-state index is 4.64. The summed E-state index contributed by atoms with van der Waals surface area (Å²) >= 11 is 0. The van der Waals surface area contributed by atoms with Crippen LogP contribution in [0.4, 0.5) is 0 Å². The smallest absolute Gasteiger partial charge is 0.0120 e. The highest BCUT2D eigenvalue weighted by Crippen LogP contribution is 2.60. The number of benzene rings is 3. The fraction of sp³-hybridized carbons (Fsp3) is 0.214. The molecule has 0 fully saturated rings. The molecule has 0 amide bonds. The van der Waals surface area contributed by atoms with Crippen molar-refractivity contribution in [2.75, 3.05) is 0 Å². The SMILES string of the molecule is C=C(c1c(C)cc(C)cc1C)P(C(=C)c1c(C)cc(C)cc1C)c1ccccc1. The van der Waals surface area contributed by atoms with Crippen LogP contribution in [0.3, 0.4) is 0 Å². The first-order valence-corrected chi connectivity index (χ1v) is 11.4. The predicted octanol–water partition coefficient (Wildman–Crippen LogP) is 7.99. The lowest BCUT2D eigenvalue weighted by molar-refractivity contribution is 1.30. The molecule has 3 aromatic carbocycles. The van der Waals surface area contributed by atoms with Crippen LogP contribution < -0.4 is 5.30 Å². The van der Waals surface area contributed by atoms with Crippen LogP contribution in [0.15, 0.2) is 67.8 Å². The van der Waals surface area contributed by atoms with Crippen LogP contribution in [0.25, 0.3) is 10.6 Å². The molecule has 3 rings (SSSR count). The summed E-state index contributed by atoms with van der Waals surface area (Å²) in [6.07, 6.45) is 0. The van der Waals surface area contributed by atoms with Crippen LogP contribution in [0.1, 0.15) is 44.5 Å². The van der Waals surface area contributed by atoms with Gasteiger partial charge >= 0.3 is 0 Å². The molecule has 0 bridgehead atoms. The van der Waals surface area contributed by atoms with Crippen LogP contribution in [0.2, 0.25) is 0 Å². The average molecular weight is 399 g/mol. The Hall–Kier alpha value is -2.43. The fourth-order valence-electron chi connectivity index (χ4n) is 4.55. The van der Waals surface area contributed by atoms with E-state index in [2.05, 4.69) is 109 Å². The van der Waals surface area contributed by atoms with E-state index in [4.69, 9.17) is 0 Å². The Morgan fingerprint density at radius 1 is 0.586 bits per heavy atom. The van der Waals surface area contributed by atoms with Crippen molar-refractivity contribution >= 4 is 23.9 Å². The molecule has 0 aromatic heterocycles. The Labute approximate surface area is 177 Å². The van der Waals surface area contributed by atoms with Crippen LogP contribution in [0, 0.1) is 41.5 Å². The lowest BCUT2D eigenvalue weighted by Crippen LogP contribution is -2.06. The van der Waals surface area contributed by atoms with Crippen molar-refractivity contribution in [3.63, 3.8) is 0 Å². The van der Waals surface area contributed by atoms with Gasteiger partial charge in [-0.15, -0.1) is 0 Å². The summed E-state index contributed by atoms with van der Waals surface area (Å²) in [7, 11) is -0.804. The number of aryl methyl sites for hydroxylation is 6. The molecule has 0 nitrogen and oxygen atoms in total. The summed E-state index contributed by atoms with van der Waals surface area (Å²) in [5, 5.41) is 3.67. The molecule has 0 aliphatic heterocycles. The van der Waals surface area contributed by atoms with Gasteiger partial charge in [0.25, 0.3) is 0 Å². The van der Waals surface area contributed by atoms with Gasteiger partial charge in [-0.2, -0.15) is 0 Å². The van der Waals surface area contributed by atoms with Crippen molar-refractivity contribution < 1.29 is 0 Å². The highest BCUT2D eigenvalue weighted by atomic mass is 31.1. The first-order valence-electron chi connectivity index (χ1n) is 10.1. The van der Waals surface area contributed by atoms with E-state index in [0.717, 1.165) is 0 Å². The third-order valence-electron chi connectivity index (χ3n) is 5.49. The van der Waals surface area contributed by atoms with Crippen molar-refractivity contribution in [3.05, 3.63) is 112 Å². The van der Waals surface area contributed by atoms with E-state index in [1.165, 1.54) is 60.4 Å². The Morgan fingerprint density at radius 3 is 1.28 bits per heavy atom. The van der Waals surface area contributed by atoms with E-state index in [-0.39, 0.29) is 0 Å². The van der Waals surface area contributed by atoms with E-state index in [1.54, 1.807) is 0 Å². The number of hydrogen-bond acceptors (Lipinski definition) is 0. The largest absolute Gasteiger partial charge is 0.0900 e. The Kier molecular flexibility index (Phi) is 6.25. The second kappa shape index (κ2) is 8.52.